The van der Waals surface area contributed by atoms with E-state index in [-0.39, 0.29) is 40.7 Å². The lowest BCUT2D eigenvalue weighted by atomic mass is 10.0. The van der Waals surface area contributed by atoms with Crippen LogP contribution in [-0.2, 0) is 27.7 Å². The summed E-state index contributed by atoms with van der Waals surface area (Å²) in [7, 11) is -2.02. The molecule has 1 aromatic carbocycles. The number of amides is 3. The van der Waals surface area contributed by atoms with Crippen molar-refractivity contribution in [1.82, 2.24) is 14.5 Å². The van der Waals surface area contributed by atoms with Crippen molar-refractivity contribution in [2.24, 2.45) is 0 Å². The van der Waals surface area contributed by atoms with Crippen LogP contribution in [0.3, 0.4) is 0 Å². The summed E-state index contributed by atoms with van der Waals surface area (Å²) >= 11 is 1.25. The molecule has 1 aliphatic rings. The van der Waals surface area contributed by atoms with E-state index in [1.807, 2.05) is 7.05 Å². The smallest absolute Gasteiger partial charge is 0.414 e. The second kappa shape index (κ2) is 12.2. The summed E-state index contributed by atoms with van der Waals surface area (Å²) < 4.78 is 31.4. The van der Waals surface area contributed by atoms with Gasteiger partial charge in [0, 0.05) is 49.0 Å². The van der Waals surface area contributed by atoms with Gasteiger partial charge in [0.1, 0.15) is 5.00 Å². The lowest BCUT2D eigenvalue weighted by Crippen LogP contribution is -2.34. The lowest BCUT2D eigenvalue weighted by molar-refractivity contribution is 0.0924. The van der Waals surface area contributed by atoms with Crippen molar-refractivity contribution in [2.45, 2.75) is 24.8 Å². The van der Waals surface area contributed by atoms with Crippen molar-refractivity contribution < 1.29 is 27.5 Å². The largest absolute Gasteiger partial charge is 0.450 e. The number of alkyl carbamates (subject to hydrolysis) is 1. The maximum atomic E-state index is 13.0. The van der Waals surface area contributed by atoms with Crippen LogP contribution in [0.2, 0.25) is 0 Å². The van der Waals surface area contributed by atoms with Crippen LogP contribution in [0.25, 0.3) is 0 Å². The molecule has 12 nitrogen and oxygen atoms in total. The first kappa shape index (κ1) is 28.1. The molecule has 4 N–H and O–H groups in total. The molecule has 1 aliphatic heterocycles. The molecule has 14 heteroatoms. The molecule has 3 rings (SSSR count). The zero-order valence-corrected chi connectivity index (χ0v) is 22.0. The fourth-order valence-electron chi connectivity index (χ4n) is 3.76. The van der Waals surface area contributed by atoms with E-state index >= 15 is 0 Å². The number of hydrogen-bond acceptors (Lipinski definition) is 10. The third-order valence-corrected chi connectivity index (χ3v) is 8.52. The van der Waals surface area contributed by atoms with Crippen LogP contribution < -0.4 is 10.6 Å². The molecule has 0 saturated heterocycles. The number of carbonyl (C=O) groups is 3. The Morgan fingerprint density at radius 2 is 1.78 bits per heavy atom. The number of nitrogens with one attached hydrogen (secondary N) is 4. The summed E-state index contributed by atoms with van der Waals surface area (Å²) in [5.74, 6) is -1.23. The van der Waals surface area contributed by atoms with Gasteiger partial charge in [-0.15, -0.1) is 11.3 Å². The maximum absolute atomic E-state index is 13.0. The molecule has 0 bridgehead atoms. The monoisotopic (exact) mass is 548 g/mol. The van der Waals surface area contributed by atoms with Crippen LogP contribution in [0.5, 0.6) is 0 Å². The van der Waals surface area contributed by atoms with Gasteiger partial charge in [-0.3, -0.25) is 14.9 Å². The number of rotatable bonds is 10. The Balaban J connectivity index is 1.87. The van der Waals surface area contributed by atoms with Crippen molar-refractivity contribution in [3.05, 3.63) is 45.8 Å². The van der Waals surface area contributed by atoms with Gasteiger partial charge in [-0.05, 0) is 50.2 Å². The van der Waals surface area contributed by atoms with Gasteiger partial charge in [0.05, 0.1) is 17.1 Å². The average molecular weight is 549 g/mol. The number of carbonyl (C=O) groups excluding carboxylic acids is 3. The van der Waals surface area contributed by atoms with Gasteiger partial charge in [-0.1, -0.05) is 0 Å². The standard InChI is InChI=1S/C23H28N6O6S2/c1-3-35-23(32)27-21(31)19-17-8-11-28(2)14-18(17)36-22(19)26-20(30)15-4-6-16(7-5-15)37(33,34)29(12-9-24)13-10-25/h4-7,9-10,24-25H,3,8,11-14H2,1-2H3,(H,26,30)(H,27,31,32). The van der Waals surface area contributed by atoms with Crippen molar-refractivity contribution in [2.75, 3.05) is 38.6 Å². The summed E-state index contributed by atoms with van der Waals surface area (Å²) in [5.41, 5.74) is 1.13. The number of hydrogen-bond donors (Lipinski definition) is 4. The summed E-state index contributed by atoms with van der Waals surface area (Å²) in [4.78, 5) is 40.7. The highest BCUT2D eigenvalue weighted by molar-refractivity contribution is 7.89. The SMILES string of the molecule is CCOC(=O)NC(=O)c1c(NC(=O)c2ccc(S(=O)(=O)N(CC=N)CC=N)cc2)sc2c1CCN(C)C2. The minimum atomic E-state index is -3.97. The van der Waals surface area contributed by atoms with E-state index < -0.39 is 27.9 Å². The highest BCUT2D eigenvalue weighted by Crippen LogP contribution is 2.37. The number of likely N-dealkylation sites (N-methyl/N-ethyl adjacent to an activating group) is 1. The molecule has 0 saturated carbocycles. The van der Waals surface area contributed by atoms with Gasteiger partial charge in [-0.25, -0.2) is 13.2 Å². The van der Waals surface area contributed by atoms with Crippen LogP contribution in [-0.4, -0.2) is 81.2 Å². The second-order valence-electron chi connectivity index (χ2n) is 8.08. The highest BCUT2D eigenvalue weighted by atomic mass is 32.2. The number of thiophene rings is 1. The zero-order valence-electron chi connectivity index (χ0n) is 20.4. The van der Waals surface area contributed by atoms with Crippen molar-refractivity contribution in [3.63, 3.8) is 0 Å². The molecule has 0 fully saturated rings. The number of sulfonamides is 1. The number of benzene rings is 1. The summed E-state index contributed by atoms with van der Waals surface area (Å²) in [6, 6.07) is 5.23. The van der Waals surface area contributed by atoms with Crippen LogP contribution in [0, 0.1) is 10.8 Å². The normalized spacial score (nSPS) is 13.5. The van der Waals surface area contributed by atoms with Crippen LogP contribution in [0.1, 0.15) is 38.1 Å². The van der Waals surface area contributed by atoms with Gasteiger partial charge >= 0.3 is 6.09 Å². The maximum Gasteiger partial charge on any atom is 0.414 e. The van der Waals surface area contributed by atoms with E-state index in [0.717, 1.165) is 27.2 Å². The van der Waals surface area contributed by atoms with Crippen molar-refractivity contribution >= 4 is 56.7 Å². The Hall–Kier alpha value is -3.46. The second-order valence-corrected chi connectivity index (χ2v) is 11.1. The quantitative estimate of drug-likeness (QED) is 0.329. The zero-order chi connectivity index (χ0) is 27.2. The molecule has 0 atom stereocenters. The van der Waals surface area contributed by atoms with Crippen molar-refractivity contribution in [3.8, 4) is 0 Å². The number of fused-ring (bicyclic) bond motifs is 1. The molecule has 0 aliphatic carbocycles. The Bertz CT molecular complexity index is 1300. The Morgan fingerprint density at radius 3 is 2.38 bits per heavy atom. The molecule has 0 unspecified atom stereocenters. The summed E-state index contributed by atoms with van der Waals surface area (Å²) in [5, 5.41) is 19.6. The molecule has 198 valence electrons. The minimum absolute atomic E-state index is 0.0862. The fourth-order valence-corrected chi connectivity index (χ4v) is 6.40. The summed E-state index contributed by atoms with van der Waals surface area (Å²) in [6.45, 7) is 2.64. The third kappa shape index (κ3) is 6.46. The molecule has 2 aromatic rings. The first-order chi connectivity index (χ1) is 17.6. The fraction of sp³-hybridized carbons (Fsp3) is 0.348. The Labute approximate surface area is 218 Å². The van der Waals surface area contributed by atoms with Crippen LogP contribution in [0.15, 0.2) is 29.2 Å². The van der Waals surface area contributed by atoms with E-state index in [1.54, 1.807) is 6.92 Å². The molecule has 0 spiro atoms. The number of imide groups is 1. The van der Waals surface area contributed by atoms with Crippen LogP contribution in [0.4, 0.5) is 9.80 Å². The predicted molar refractivity (Wildman–Crippen MR) is 140 cm³/mol. The van der Waals surface area contributed by atoms with E-state index in [1.165, 1.54) is 35.6 Å². The predicted octanol–water partition coefficient (Wildman–Crippen LogP) is 2.16. The number of nitrogens with zero attached hydrogens (tertiary/aromatic N) is 2. The number of anilines is 1. The Kier molecular flexibility index (Phi) is 9.26. The minimum Gasteiger partial charge on any atom is -0.450 e. The molecule has 3 amide bonds. The highest BCUT2D eigenvalue weighted by Gasteiger charge is 2.29. The van der Waals surface area contributed by atoms with Crippen molar-refractivity contribution in [1.29, 1.82) is 10.8 Å². The molecular weight excluding hydrogens is 520 g/mol. The molecule has 0 radical (unpaired) electrons. The van der Waals surface area contributed by atoms with E-state index in [4.69, 9.17) is 15.6 Å². The third-order valence-electron chi connectivity index (χ3n) is 5.54. The van der Waals surface area contributed by atoms with Crippen LogP contribution >= 0.6 is 11.3 Å². The first-order valence-electron chi connectivity index (χ1n) is 11.3. The van der Waals surface area contributed by atoms with E-state index in [2.05, 4.69) is 15.5 Å². The number of ether oxygens (including phenoxy) is 1. The average Bonchev–Trinajstić information content (AvgIpc) is 3.20. The Morgan fingerprint density at radius 1 is 1.14 bits per heavy atom. The first-order valence-corrected chi connectivity index (χ1v) is 13.6. The topological polar surface area (TPSA) is 173 Å². The molecule has 2 heterocycles. The van der Waals surface area contributed by atoms with E-state index in [9.17, 15) is 22.8 Å². The van der Waals surface area contributed by atoms with Gasteiger partial charge < -0.3 is 25.8 Å². The molecule has 1 aromatic heterocycles. The van der Waals surface area contributed by atoms with Gasteiger partial charge in [0.2, 0.25) is 10.0 Å². The molecule has 37 heavy (non-hydrogen) atoms. The van der Waals surface area contributed by atoms with E-state index in [0.29, 0.717) is 19.5 Å². The van der Waals surface area contributed by atoms with Gasteiger partial charge in [-0.2, -0.15) is 4.31 Å². The van der Waals surface area contributed by atoms with Gasteiger partial charge in [0.15, 0.2) is 0 Å². The summed E-state index contributed by atoms with van der Waals surface area (Å²) in [6.07, 6.45) is 1.54. The lowest BCUT2D eigenvalue weighted by Gasteiger charge is -2.22. The van der Waals surface area contributed by atoms with Gasteiger partial charge in [0.25, 0.3) is 11.8 Å². The molecular formula is C23H28N6O6S2.